The van der Waals surface area contributed by atoms with Gasteiger partial charge in [0.25, 0.3) is 21.6 Å². The van der Waals surface area contributed by atoms with Crippen LogP contribution in [0.2, 0.25) is 0 Å². The van der Waals surface area contributed by atoms with Crippen LogP contribution in [0.3, 0.4) is 0 Å². The summed E-state index contributed by atoms with van der Waals surface area (Å²) >= 11 is 0. The molecule has 0 unspecified atom stereocenters. The van der Waals surface area contributed by atoms with Gasteiger partial charge in [0.2, 0.25) is 0 Å². The Bertz CT molecular complexity index is 1560. The van der Waals surface area contributed by atoms with Crippen molar-refractivity contribution in [1.82, 2.24) is 0 Å². The Hall–Kier alpha value is -4.05. The number of hydrogen-bond acceptors (Lipinski definition) is 6. The summed E-state index contributed by atoms with van der Waals surface area (Å²) < 4.78 is 47.4. The lowest BCUT2D eigenvalue weighted by molar-refractivity contribution is -0.384. The number of rotatable bonds is 5. The van der Waals surface area contributed by atoms with Gasteiger partial charge in [-0.1, -0.05) is 0 Å². The van der Waals surface area contributed by atoms with Crippen molar-refractivity contribution < 1.29 is 26.9 Å². The minimum Gasteiger partial charge on any atom is -0.461 e. The highest BCUT2D eigenvalue weighted by Crippen LogP contribution is 2.36. The maximum Gasteiger partial charge on any atom is 0.272 e. The SMILES string of the molecule is O=C(c1ccc([N+](=O)[O-])cc1)N(c1ccc2oc3c(c2c1)CCCC3)S(=O)(=O)c1ccc(F)cc1. The van der Waals surface area contributed by atoms with Gasteiger partial charge in [0.1, 0.15) is 17.2 Å². The van der Waals surface area contributed by atoms with Crippen molar-refractivity contribution in [2.24, 2.45) is 0 Å². The smallest absolute Gasteiger partial charge is 0.272 e. The normalized spacial score (nSPS) is 13.4. The second-order valence-corrected chi connectivity index (χ2v) is 10.0. The Balaban J connectivity index is 1.67. The summed E-state index contributed by atoms with van der Waals surface area (Å²) in [4.78, 5) is 23.7. The number of amides is 1. The molecule has 1 aliphatic rings. The maximum absolute atomic E-state index is 13.6. The Morgan fingerprint density at radius 3 is 2.34 bits per heavy atom. The lowest BCUT2D eigenvalue weighted by Crippen LogP contribution is -2.37. The number of benzene rings is 3. The molecule has 1 aromatic heterocycles. The number of furan rings is 1. The molecule has 10 heteroatoms. The molecule has 35 heavy (non-hydrogen) atoms. The number of nitro benzene ring substituents is 1. The quantitative estimate of drug-likeness (QED) is 0.272. The summed E-state index contributed by atoms with van der Waals surface area (Å²) in [5.74, 6) is -0.664. The van der Waals surface area contributed by atoms with E-state index in [9.17, 15) is 27.7 Å². The molecule has 0 saturated heterocycles. The molecule has 0 saturated carbocycles. The number of nitrogens with zero attached hydrogens (tertiary/aromatic N) is 2. The Morgan fingerprint density at radius 2 is 1.66 bits per heavy atom. The molecule has 4 aromatic rings. The molecule has 8 nitrogen and oxygen atoms in total. The number of aryl methyl sites for hydroxylation is 2. The minimum atomic E-state index is -4.47. The van der Waals surface area contributed by atoms with Gasteiger partial charge in [-0.05, 0) is 73.9 Å². The van der Waals surface area contributed by atoms with Crippen LogP contribution in [0.1, 0.15) is 34.5 Å². The Morgan fingerprint density at radius 1 is 0.971 bits per heavy atom. The standard InChI is InChI=1S/C25H19FN2O6S/c26-17-7-12-20(13-8-17)35(32,33)27(25(29)16-5-9-18(10-6-16)28(30)31)19-11-14-24-22(15-19)21-3-1-2-4-23(21)34-24/h5-15H,1-4H2. The highest BCUT2D eigenvalue weighted by Gasteiger charge is 2.33. The van der Waals surface area contributed by atoms with Crippen LogP contribution in [0.15, 0.2) is 76.0 Å². The zero-order valence-corrected chi connectivity index (χ0v) is 19.1. The number of non-ortho nitro benzene ring substituents is 1. The third-order valence-electron chi connectivity index (χ3n) is 6.03. The number of sulfonamides is 1. The van der Waals surface area contributed by atoms with Crippen molar-refractivity contribution in [3.05, 3.63) is 99.5 Å². The first-order valence-electron chi connectivity index (χ1n) is 10.9. The molecule has 0 atom stereocenters. The van der Waals surface area contributed by atoms with Crippen molar-refractivity contribution in [2.45, 2.75) is 30.6 Å². The van der Waals surface area contributed by atoms with Gasteiger partial charge in [0.05, 0.1) is 15.5 Å². The van der Waals surface area contributed by atoms with E-state index in [0.717, 1.165) is 78.8 Å². The van der Waals surface area contributed by atoms with Gasteiger partial charge in [-0.2, -0.15) is 4.31 Å². The number of anilines is 1. The van der Waals surface area contributed by atoms with Gasteiger partial charge in [-0.25, -0.2) is 12.8 Å². The highest BCUT2D eigenvalue weighted by atomic mass is 32.2. The summed E-state index contributed by atoms with van der Waals surface area (Å²) in [5, 5.41) is 11.7. The summed E-state index contributed by atoms with van der Waals surface area (Å²) in [6.45, 7) is 0. The van der Waals surface area contributed by atoms with Crippen molar-refractivity contribution >= 4 is 38.3 Å². The first kappa shape index (κ1) is 22.7. The average molecular weight is 495 g/mol. The molecule has 0 fully saturated rings. The highest BCUT2D eigenvalue weighted by molar-refractivity contribution is 7.93. The van der Waals surface area contributed by atoms with E-state index in [0.29, 0.717) is 9.89 Å². The molecule has 178 valence electrons. The third-order valence-corrected chi connectivity index (χ3v) is 7.76. The predicted octanol–water partition coefficient (Wildman–Crippen LogP) is 5.39. The number of carbonyl (C=O) groups excluding carboxylic acids is 1. The van der Waals surface area contributed by atoms with E-state index in [4.69, 9.17) is 4.42 Å². The zero-order valence-electron chi connectivity index (χ0n) is 18.3. The second-order valence-electron chi connectivity index (χ2n) is 8.22. The van der Waals surface area contributed by atoms with E-state index in [2.05, 4.69) is 0 Å². The fraction of sp³-hybridized carbons (Fsp3) is 0.160. The summed E-state index contributed by atoms with van der Waals surface area (Å²) in [6, 6.07) is 13.5. The molecule has 1 heterocycles. The Labute approximate surface area is 199 Å². The van der Waals surface area contributed by atoms with Crippen molar-refractivity contribution in [1.29, 1.82) is 0 Å². The second kappa shape index (κ2) is 8.62. The maximum atomic E-state index is 13.6. The molecule has 1 aliphatic carbocycles. The van der Waals surface area contributed by atoms with E-state index >= 15 is 0 Å². The van der Waals surface area contributed by atoms with E-state index in [1.54, 1.807) is 12.1 Å². The first-order valence-corrected chi connectivity index (χ1v) is 12.3. The number of nitro groups is 1. The van der Waals surface area contributed by atoms with Crippen LogP contribution in [-0.4, -0.2) is 19.2 Å². The summed E-state index contributed by atoms with van der Waals surface area (Å²) in [7, 11) is -4.47. The first-order chi connectivity index (χ1) is 16.8. The average Bonchev–Trinajstić information content (AvgIpc) is 3.22. The number of carbonyl (C=O) groups is 1. The largest absolute Gasteiger partial charge is 0.461 e. The van der Waals surface area contributed by atoms with E-state index in [1.807, 2.05) is 0 Å². The predicted molar refractivity (Wildman–Crippen MR) is 126 cm³/mol. The lowest BCUT2D eigenvalue weighted by atomic mass is 9.96. The fourth-order valence-electron chi connectivity index (χ4n) is 4.30. The number of hydrogen-bond donors (Lipinski definition) is 0. The van der Waals surface area contributed by atoms with Crippen LogP contribution in [0.25, 0.3) is 11.0 Å². The van der Waals surface area contributed by atoms with Gasteiger partial charge < -0.3 is 4.42 Å². The molecule has 5 rings (SSSR count). The van der Waals surface area contributed by atoms with E-state index in [1.165, 1.54) is 18.2 Å². The monoisotopic (exact) mass is 494 g/mol. The molecule has 1 amide bonds. The summed E-state index contributed by atoms with van der Waals surface area (Å²) in [6.07, 6.45) is 3.56. The molecular formula is C25H19FN2O6S. The number of halogens is 1. The van der Waals surface area contributed by atoms with Crippen LogP contribution in [0, 0.1) is 15.9 Å². The van der Waals surface area contributed by atoms with Gasteiger partial charge in [0.15, 0.2) is 0 Å². The molecule has 3 aromatic carbocycles. The van der Waals surface area contributed by atoms with Crippen LogP contribution < -0.4 is 4.31 Å². The molecule has 0 radical (unpaired) electrons. The van der Waals surface area contributed by atoms with Gasteiger partial charge >= 0.3 is 0 Å². The van der Waals surface area contributed by atoms with Crippen LogP contribution in [0.5, 0.6) is 0 Å². The zero-order chi connectivity index (χ0) is 24.7. The van der Waals surface area contributed by atoms with Gasteiger partial charge in [0, 0.05) is 35.1 Å². The van der Waals surface area contributed by atoms with Crippen LogP contribution in [0.4, 0.5) is 15.8 Å². The van der Waals surface area contributed by atoms with Gasteiger partial charge in [-0.15, -0.1) is 0 Å². The fourth-order valence-corrected chi connectivity index (χ4v) is 5.70. The topological polar surface area (TPSA) is 111 Å². The van der Waals surface area contributed by atoms with E-state index < -0.39 is 26.7 Å². The molecule has 0 aliphatic heterocycles. The van der Waals surface area contributed by atoms with E-state index in [-0.39, 0.29) is 21.8 Å². The van der Waals surface area contributed by atoms with Gasteiger partial charge in [-0.3, -0.25) is 14.9 Å². The van der Waals surface area contributed by atoms with Crippen LogP contribution >= 0.6 is 0 Å². The van der Waals surface area contributed by atoms with Crippen molar-refractivity contribution in [3.8, 4) is 0 Å². The van der Waals surface area contributed by atoms with Crippen molar-refractivity contribution in [2.75, 3.05) is 4.31 Å². The van der Waals surface area contributed by atoms with Crippen molar-refractivity contribution in [3.63, 3.8) is 0 Å². The van der Waals surface area contributed by atoms with Crippen LogP contribution in [-0.2, 0) is 22.9 Å². The molecule has 0 bridgehead atoms. The Kier molecular flexibility index (Phi) is 5.60. The molecule has 0 spiro atoms. The molecule has 0 N–H and O–H groups in total. The molecular weight excluding hydrogens is 475 g/mol. The number of fused-ring (bicyclic) bond motifs is 3. The third kappa shape index (κ3) is 4.06. The minimum absolute atomic E-state index is 0.0596. The summed E-state index contributed by atoms with van der Waals surface area (Å²) in [5.41, 5.74) is 1.38. The lowest BCUT2D eigenvalue weighted by Gasteiger charge is -2.23.